The van der Waals surface area contributed by atoms with Gasteiger partial charge in [0.2, 0.25) is 0 Å². The Morgan fingerprint density at radius 1 is 0.349 bits per heavy atom. The lowest BCUT2D eigenvalue weighted by Crippen LogP contribution is -2.34. The third-order valence-electron chi connectivity index (χ3n) is 9.19. The highest BCUT2D eigenvalue weighted by molar-refractivity contribution is 5.60. The van der Waals surface area contributed by atoms with E-state index in [4.69, 9.17) is 0 Å². The van der Waals surface area contributed by atoms with Crippen LogP contribution in [0.5, 0.6) is 0 Å². The van der Waals surface area contributed by atoms with Gasteiger partial charge in [-0.15, -0.1) is 0 Å². The Morgan fingerprint density at radius 3 is 0.977 bits per heavy atom. The lowest BCUT2D eigenvalue weighted by Gasteiger charge is -2.43. The highest BCUT2D eigenvalue weighted by Gasteiger charge is 2.40. The van der Waals surface area contributed by atoms with Crippen LogP contribution >= 0.6 is 0 Å². The van der Waals surface area contributed by atoms with E-state index in [9.17, 15) is 0 Å². The van der Waals surface area contributed by atoms with Crippen molar-refractivity contribution in [2.24, 2.45) is 0 Å². The summed E-state index contributed by atoms with van der Waals surface area (Å²) in [6.45, 7) is 53.2. The molecule has 0 fully saturated rings. The summed E-state index contributed by atoms with van der Waals surface area (Å²) in [7, 11) is 0. The molecule has 0 N–H and O–H groups in total. The lowest BCUT2D eigenvalue weighted by atomic mass is 9.61. The van der Waals surface area contributed by atoms with E-state index in [2.05, 4.69) is 171 Å². The first-order chi connectivity index (χ1) is 18.8. The van der Waals surface area contributed by atoms with Crippen LogP contribution in [0.4, 0.5) is 0 Å². The van der Waals surface area contributed by atoms with Crippen LogP contribution in [-0.4, -0.2) is 0 Å². The third-order valence-corrected chi connectivity index (χ3v) is 9.19. The molecule has 2 aromatic carbocycles. The Morgan fingerprint density at radius 2 is 0.674 bits per heavy atom. The fourth-order valence-electron chi connectivity index (χ4n) is 7.31. The lowest BCUT2D eigenvalue weighted by molar-refractivity contribution is 0.470. The van der Waals surface area contributed by atoms with Gasteiger partial charge in [0.25, 0.3) is 0 Å². The molecule has 244 valence electrons. The average molecular weight is 589 g/mol. The first-order valence-corrected chi connectivity index (χ1v) is 17.2. The first-order valence-electron chi connectivity index (χ1n) is 17.2. The van der Waals surface area contributed by atoms with Crippen molar-refractivity contribution in [3.63, 3.8) is 0 Å². The predicted molar refractivity (Wildman–Crippen MR) is 196 cm³/mol. The highest BCUT2D eigenvalue weighted by Crippen LogP contribution is 2.51. The Balaban J connectivity index is 3.41. The zero-order chi connectivity index (χ0) is 34.1. The molecule has 0 saturated carbocycles. The van der Waals surface area contributed by atoms with Gasteiger partial charge in [0.1, 0.15) is 0 Å². The van der Waals surface area contributed by atoms with E-state index < -0.39 is 0 Å². The van der Waals surface area contributed by atoms with Crippen molar-refractivity contribution < 1.29 is 0 Å². The number of rotatable bonds is 3. The summed E-state index contributed by atoms with van der Waals surface area (Å²) in [6.07, 6.45) is 1.08. The van der Waals surface area contributed by atoms with Crippen molar-refractivity contribution in [2.75, 3.05) is 0 Å². The van der Waals surface area contributed by atoms with Crippen molar-refractivity contribution in [3.8, 4) is 0 Å². The van der Waals surface area contributed by atoms with Gasteiger partial charge in [0, 0.05) is 5.92 Å². The van der Waals surface area contributed by atoms with E-state index in [0.717, 1.165) is 6.42 Å². The Hall–Kier alpha value is -1.56. The maximum Gasteiger partial charge on any atom is 0.00929 e. The zero-order valence-electron chi connectivity index (χ0n) is 33.0. The second kappa shape index (κ2) is 11.4. The smallest absolute Gasteiger partial charge is 0.00929 e. The molecule has 1 atom stereocenters. The molecule has 0 radical (unpaired) electrons. The molecule has 0 nitrogen and oxygen atoms in total. The summed E-state index contributed by atoms with van der Waals surface area (Å²) in [4.78, 5) is 0. The van der Waals surface area contributed by atoms with Gasteiger partial charge in [-0.25, -0.2) is 0 Å². The van der Waals surface area contributed by atoms with Crippen LogP contribution in [0.2, 0.25) is 0 Å². The minimum absolute atomic E-state index is 0.00187. The molecule has 2 aromatic rings. The van der Waals surface area contributed by atoms with Crippen molar-refractivity contribution in [3.05, 3.63) is 68.3 Å². The van der Waals surface area contributed by atoms with Crippen LogP contribution in [0.25, 0.3) is 0 Å². The summed E-state index contributed by atoms with van der Waals surface area (Å²) in [5.41, 5.74) is 14.1. The highest BCUT2D eigenvalue weighted by atomic mass is 14.4. The zero-order valence-corrected chi connectivity index (χ0v) is 33.0. The molecule has 2 rings (SSSR count). The summed E-state index contributed by atoms with van der Waals surface area (Å²) >= 11 is 0. The monoisotopic (exact) mass is 589 g/mol. The van der Waals surface area contributed by atoms with Crippen molar-refractivity contribution in [1.29, 1.82) is 0 Å². The fraction of sp³-hybridized carbons (Fsp3) is 0.721. The van der Waals surface area contributed by atoms with Gasteiger partial charge in [-0.1, -0.05) is 171 Å². The van der Waals surface area contributed by atoms with Crippen LogP contribution in [0, 0.1) is 0 Å². The van der Waals surface area contributed by atoms with E-state index in [0.29, 0.717) is 5.92 Å². The largest absolute Gasteiger partial charge is 0.0645 e. The first kappa shape index (κ1) is 37.6. The molecule has 0 aliphatic rings. The minimum Gasteiger partial charge on any atom is -0.0645 e. The summed E-state index contributed by atoms with van der Waals surface area (Å²) in [5, 5.41) is 0. The van der Waals surface area contributed by atoms with E-state index in [1.54, 1.807) is 22.3 Å². The van der Waals surface area contributed by atoms with Crippen LogP contribution < -0.4 is 0 Å². The molecule has 0 aromatic heterocycles. The molecule has 0 heterocycles. The second-order valence-corrected chi connectivity index (χ2v) is 20.8. The molecule has 1 unspecified atom stereocenters. The van der Waals surface area contributed by atoms with Gasteiger partial charge in [0.05, 0.1) is 0 Å². The summed E-state index contributed by atoms with van der Waals surface area (Å²) in [5.74, 6) is 0.315. The average Bonchev–Trinajstić information content (AvgIpc) is 2.73. The Labute approximate surface area is 270 Å². The number of benzene rings is 2. The summed E-state index contributed by atoms with van der Waals surface area (Å²) in [6, 6.07) is 7.92. The maximum atomic E-state index is 2.67. The van der Waals surface area contributed by atoms with E-state index in [-0.39, 0.29) is 37.9 Å². The van der Waals surface area contributed by atoms with E-state index >= 15 is 0 Å². The normalized spacial score (nSPS) is 15.2. The molecule has 0 amide bonds. The molecule has 0 heteroatoms. The molecule has 0 aliphatic heterocycles. The molecule has 43 heavy (non-hydrogen) atoms. The van der Waals surface area contributed by atoms with Crippen molar-refractivity contribution in [1.82, 2.24) is 0 Å². The third kappa shape index (κ3) is 8.00. The predicted octanol–water partition coefficient (Wildman–Crippen LogP) is 13.3. The molecule has 0 spiro atoms. The Bertz CT molecular complexity index is 1290. The summed E-state index contributed by atoms with van der Waals surface area (Å²) < 4.78 is 0. The van der Waals surface area contributed by atoms with Gasteiger partial charge in [-0.05, 0) is 94.4 Å². The molecule has 0 saturated heterocycles. The van der Waals surface area contributed by atoms with Crippen LogP contribution in [0.1, 0.15) is 215 Å². The minimum atomic E-state index is 0.00187. The molecular weight excluding hydrogens is 516 g/mol. The van der Waals surface area contributed by atoms with Crippen molar-refractivity contribution in [2.45, 2.75) is 203 Å². The Kier molecular flexibility index (Phi) is 9.93. The molecule has 0 aliphatic carbocycles. The van der Waals surface area contributed by atoms with Gasteiger partial charge in [-0.3, -0.25) is 0 Å². The number of hydrogen-bond acceptors (Lipinski definition) is 0. The van der Waals surface area contributed by atoms with Crippen molar-refractivity contribution >= 4 is 0 Å². The fourth-order valence-corrected chi connectivity index (χ4v) is 7.31. The van der Waals surface area contributed by atoms with Gasteiger partial charge >= 0.3 is 0 Å². The topological polar surface area (TPSA) is 0 Å². The standard InChI is InChI=1S/C43H72/c1-23-27(28-24-31(38(5,6)7)32(39(8,9)10)26-30(28)37(2,3)4)29-25-33(40(11,12)13)35(42(17,18)19)36(43(20,21)22)34(29)41(14,15)16/h24-27H,23H2,1-22H3. The van der Waals surface area contributed by atoms with Crippen LogP contribution in [0.15, 0.2) is 18.2 Å². The maximum absolute atomic E-state index is 2.67. The van der Waals surface area contributed by atoms with Gasteiger partial charge < -0.3 is 0 Å². The van der Waals surface area contributed by atoms with Crippen LogP contribution in [-0.2, 0) is 37.9 Å². The van der Waals surface area contributed by atoms with E-state index in [1.165, 1.54) is 27.8 Å². The van der Waals surface area contributed by atoms with Gasteiger partial charge in [-0.2, -0.15) is 0 Å². The van der Waals surface area contributed by atoms with E-state index in [1.807, 2.05) is 0 Å². The molecular formula is C43H72. The SMILES string of the molecule is CCC(c1cc(C(C)(C)C)c(C(C)(C)C)cc1C(C)(C)C)c1cc(C(C)(C)C)c(C(C)(C)C)c(C(C)(C)C)c1C(C)(C)C. The number of hydrogen-bond donors (Lipinski definition) is 0. The molecule has 0 bridgehead atoms. The van der Waals surface area contributed by atoms with Gasteiger partial charge in [0.15, 0.2) is 0 Å². The van der Waals surface area contributed by atoms with Crippen LogP contribution in [0.3, 0.4) is 0 Å². The second-order valence-electron chi connectivity index (χ2n) is 20.8. The quantitative estimate of drug-likeness (QED) is 0.334.